The van der Waals surface area contributed by atoms with Gasteiger partial charge in [0, 0.05) is 0 Å². The zero-order valence-corrected chi connectivity index (χ0v) is 11.0. The monoisotopic (exact) mass is 207 g/mol. The highest BCUT2D eigenvalue weighted by Gasteiger charge is 2.24. The standard InChI is InChI=1S/C7H21NO2Si2/c1-11(2,3)9-7(8)10-12(4,5)6/h7H,8H2,1-6H3. The fraction of sp³-hybridized carbons (Fsp3) is 1.00. The van der Waals surface area contributed by atoms with E-state index in [0.29, 0.717) is 0 Å². The predicted molar refractivity (Wildman–Crippen MR) is 56.8 cm³/mol. The van der Waals surface area contributed by atoms with Crippen molar-refractivity contribution in [2.45, 2.75) is 45.7 Å². The Bertz CT molecular complexity index is 123. The van der Waals surface area contributed by atoms with Crippen molar-refractivity contribution in [1.29, 1.82) is 0 Å². The van der Waals surface area contributed by atoms with Crippen LogP contribution < -0.4 is 5.73 Å². The van der Waals surface area contributed by atoms with Gasteiger partial charge in [0.1, 0.15) is 0 Å². The van der Waals surface area contributed by atoms with Crippen LogP contribution in [0.5, 0.6) is 0 Å². The van der Waals surface area contributed by atoms with Gasteiger partial charge in [-0.15, -0.1) is 0 Å². The smallest absolute Gasteiger partial charge is 0.194 e. The molecule has 0 saturated carbocycles. The molecule has 0 radical (unpaired) electrons. The molecular formula is C7H21NO2Si2. The zero-order valence-electron chi connectivity index (χ0n) is 8.97. The summed E-state index contributed by atoms with van der Waals surface area (Å²) < 4.78 is 11.1. The molecule has 0 saturated heterocycles. The summed E-state index contributed by atoms with van der Waals surface area (Å²) in [4.78, 5) is 0. The summed E-state index contributed by atoms with van der Waals surface area (Å²) in [5.74, 6) is 0. The van der Waals surface area contributed by atoms with E-state index in [9.17, 15) is 0 Å². The molecule has 0 aromatic carbocycles. The van der Waals surface area contributed by atoms with Crippen molar-refractivity contribution in [3.05, 3.63) is 0 Å². The summed E-state index contributed by atoms with van der Waals surface area (Å²) in [6.07, 6.45) is -0.525. The third-order valence-corrected chi connectivity index (χ3v) is 2.82. The van der Waals surface area contributed by atoms with E-state index in [4.69, 9.17) is 14.6 Å². The lowest BCUT2D eigenvalue weighted by Crippen LogP contribution is -2.44. The Labute approximate surface area is 77.5 Å². The lowest BCUT2D eigenvalue weighted by Gasteiger charge is -2.28. The number of nitrogens with two attached hydrogens (primary N) is 1. The third-order valence-electron chi connectivity index (χ3n) is 0.939. The molecule has 0 unspecified atom stereocenters. The second-order valence-corrected chi connectivity index (χ2v) is 13.7. The van der Waals surface area contributed by atoms with E-state index in [1.165, 1.54) is 0 Å². The van der Waals surface area contributed by atoms with E-state index < -0.39 is 23.0 Å². The van der Waals surface area contributed by atoms with E-state index in [-0.39, 0.29) is 0 Å². The fourth-order valence-electron chi connectivity index (χ4n) is 0.721. The van der Waals surface area contributed by atoms with Gasteiger partial charge in [0.25, 0.3) is 0 Å². The molecule has 74 valence electrons. The lowest BCUT2D eigenvalue weighted by molar-refractivity contribution is -0.00130. The first-order chi connectivity index (χ1) is 5.10. The Kier molecular flexibility index (Phi) is 4.12. The SMILES string of the molecule is C[Si](C)(C)OC(N)O[Si](C)(C)C. The molecule has 0 aromatic heterocycles. The van der Waals surface area contributed by atoms with Gasteiger partial charge in [-0.1, -0.05) is 0 Å². The van der Waals surface area contributed by atoms with Gasteiger partial charge in [0.05, 0.1) is 0 Å². The molecule has 0 fully saturated rings. The van der Waals surface area contributed by atoms with Crippen molar-refractivity contribution in [1.82, 2.24) is 0 Å². The molecule has 0 aliphatic carbocycles. The molecule has 0 heterocycles. The van der Waals surface area contributed by atoms with Crippen molar-refractivity contribution in [3.63, 3.8) is 0 Å². The molecule has 0 amide bonds. The Morgan fingerprint density at radius 2 is 1.08 bits per heavy atom. The average molecular weight is 207 g/mol. The van der Waals surface area contributed by atoms with Crippen LogP contribution in [-0.2, 0) is 8.85 Å². The van der Waals surface area contributed by atoms with Gasteiger partial charge >= 0.3 is 0 Å². The van der Waals surface area contributed by atoms with Crippen molar-refractivity contribution in [2.75, 3.05) is 0 Å². The van der Waals surface area contributed by atoms with Gasteiger partial charge < -0.3 is 8.85 Å². The van der Waals surface area contributed by atoms with Gasteiger partial charge in [-0.05, 0) is 39.3 Å². The molecule has 0 aliphatic heterocycles. The number of rotatable bonds is 4. The summed E-state index contributed by atoms with van der Waals surface area (Å²) in [7, 11) is -3.10. The second-order valence-electron chi connectivity index (χ2n) is 4.83. The van der Waals surface area contributed by atoms with E-state index in [0.717, 1.165) is 0 Å². The minimum atomic E-state index is -1.55. The van der Waals surface area contributed by atoms with Crippen LogP contribution in [0.4, 0.5) is 0 Å². The largest absolute Gasteiger partial charge is 0.382 e. The molecule has 12 heavy (non-hydrogen) atoms. The molecule has 0 atom stereocenters. The van der Waals surface area contributed by atoms with Crippen molar-refractivity contribution >= 4 is 16.6 Å². The molecule has 0 aromatic rings. The third kappa shape index (κ3) is 8.41. The Balaban J connectivity index is 3.83. The molecule has 0 spiro atoms. The van der Waals surface area contributed by atoms with Crippen LogP contribution in [0.15, 0.2) is 0 Å². The van der Waals surface area contributed by atoms with Crippen LogP contribution in [0, 0.1) is 0 Å². The Hall–Kier alpha value is 0.314. The Morgan fingerprint density at radius 1 is 0.833 bits per heavy atom. The molecule has 3 nitrogen and oxygen atoms in total. The minimum Gasteiger partial charge on any atom is -0.382 e. The predicted octanol–water partition coefficient (Wildman–Crippen LogP) is 1.93. The summed E-state index contributed by atoms with van der Waals surface area (Å²) in [6.45, 7) is 12.6. The molecule has 5 heteroatoms. The summed E-state index contributed by atoms with van der Waals surface area (Å²) in [5.41, 5.74) is 5.67. The van der Waals surface area contributed by atoms with Gasteiger partial charge in [0.15, 0.2) is 23.0 Å². The van der Waals surface area contributed by atoms with E-state index in [1.807, 2.05) is 0 Å². The van der Waals surface area contributed by atoms with Crippen LogP contribution in [0.2, 0.25) is 39.3 Å². The first-order valence-electron chi connectivity index (χ1n) is 4.21. The van der Waals surface area contributed by atoms with Crippen molar-refractivity contribution < 1.29 is 8.85 Å². The first-order valence-corrected chi connectivity index (χ1v) is 11.0. The molecular weight excluding hydrogens is 186 g/mol. The quantitative estimate of drug-likeness (QED) is 0.566. The molecule has 0 bridgehead atoms. The van der Waals surface area contributed by atoms with Crippen LogP contribution in [-0.4, -0.2) is 23.0 Å². The van der Waals surface area contributed by atoms with E-state index in [2.05, 4.69) is 39.3 Å². The van der Waals surface area contributed by atoms with Crippen molar-refractivity contribution in [3.8, 4) is 0 Å². The molecule has 0 rings (SSSR count). The number of hydrogen-bond donors (Lipinski definition) is 1. The zero-order chi connectivity index (χ0) is 9.99. The topological polar surface area (TPSA) is 44.5 Å². The maximum atomic E-state index is 5.67. The Morgan fingerprint density at radius 3 is 1.25 bits per heavy atom. The summed E-state index contributed by atoms with van der Waals surface area (Å²) >= 11 is 0. The van der Waals surface area contributed by atoms with Crippen molar-refractivity contribution in [2.24, 2.45) is 5.73 Å². The maximum absolute atomic E-state index is 5.67. The number of hydrogen-bond acceptors (Lipinski definition) is 3. The van der Waals surface area contributed by atoms with Crippen LogP contribution >= 0.6 is 0 Å². The highest BCUT2D eigenvalue weighted by atomic mass is 28.4. The van der Waals surface area contributed by atoms with Crippen LogP contribution in [0.25, 0.3) is 0 Å². The van der Waals surface area contributed by atoms with Crippen LogP contribution in [0.1, 0.15) is 0 Å². The van der Waals surface area contributed by atoms with Gasteiger partial charge in [-0.3, -0.25) is 5.73 Å². The normalized spacial score (nSPS) is 14.0. The fourth-order valence-corrected chi connectivity index (χ4v) is 2.31. The maximum Gasteiger partial charge on any atom is 0.194 e. The van der Waals surface area contributed by atoms with E-state index >= 15 is 0 Å². The summed E-state index contributed by atoms with van der Waals surface area (Å²) in [6, 6.07) is 0. The minimum absolute atomic E-state index is 0.525. The highest BCUT2D eigenvalue weighted by Crippen LogP contribution is 2.10. The average Bonchev–Trinajstić information content (AvgIpc) is 1.49. The first kappa shape index (κ1) is 12.3. The summed E-state index contributed by atoms with van der Waals surface area (Å²) in [5, 5.41) is 0. The lowest BCUT2D eigenvalue weighted by atomic mass is 11.2. The van der Waals surface area contributed by atoms with Gasteiger partial charge in [-0.25, -0.2) is 0 Å². The van der Waals surface area contributed by atoms with Gasteiger partial charge in [0.2, 0.25) is 0 Å². The molecule has 2 N–H and O–H groups in total. The van der Waals surface area contributed by atoms with Gasteiger partial charge in [-0.2, -0.15) is 0 Å². The second kappa shape index (κ2) is 4.01. The van der Waals surface area contributed by atoms with Crippen LogP contribution in [0.3, 0.4) is 0 Å². The molecule has 0 aliphatic rings. The highest BCUT2D eigenvalue weighted by molar-refractivity contribution is 6.70. The van der Waals surface area contributed by atoms with E-state index in [1.54, 1.807) is 0 Å².